The fourth-order valence-electron chi connectivity index (χ4n) is 2.69. The van der Waals surface area contributed by atoms with Crippen LogP contribution >= 0.6 is 0 Å². The Morgan fingerprint density at radius 1 is 1.32 bits per heavy atom. The first kappa shape index (κ1) is 19.0. The average molecular weight is 347 g/mol. The van der Waals surface area contributed by atoms with Crippen molar-refractivity contribution in [3.8, 4) is 17.6 Å². The number of amides is 1. The fourth-order valence-corrected chi connectivity index (χ4v) is 2.69. The highest BCUT2D eigenvalue weighted by molar-refractivity contribution is 5.78. The zero-order chi connectivity index (χ0) is 18.2. The lowest BCUT2D eigenvalue weighted by atomic mass is 10.2. The Balaban J connectivity index is 1.83. The summed E-state index contributed by atoms with van der Waals surface area (Å²) >= 11 is 0. The Labute approximate surface area is 148 Å². The van der Waals surface area contributed by atoms with E-state index < -0.39 is 0 Å². The number of rotatable bonds is 7. The molecule has 7 heteroatoms. The van der Waals surface area contributed by atoms with Crippen LogP contribution in [0.15, 0.2) is 18.2 Å². The van der Waals surface area contributed by atoms with E-state index in [1.165, 1.54) is 7.11 Å². The smallest absolute Gasteiger partial charge is 0.260 e. The first-order chi connectivity index (χ1) is 12.1. The van der Waals surface area contributed by atoms with Gasteiger partial charge in [-0.3, -0.25) is 9.69 Å². The minimum atomic E-state index is -0.311. The fraction of sp³-hybridized carbons (Fsp3) is 0.556. The molecule has 0 spiro atoms. The van der Waals surface area contributed by atoms with Crippen molar-refractivity contribution in [2.24, 2.45) is 0 Å². The van der Waals surface area contributed by atoms with E-state index in [2.05, 4.69) is 4.90 Å². The molecule has 0 aliphatic carbocycles. The first-order valence-electron chi connectivity index (χ1n) is 8.46. The topological polar surface area (TPSA) is 86.0 Å². The molecule has 2 rings (SSSR count). The van der Waals surface area contributed by atoms with Crippen LogP contribution in [-0.2, 0) is 4.79 Å². The summed E-state index contributed by atoms with van der Waals surface area (Å²) in [7, 11) is 1.50. The lowest BCUT2D eigenvalue weighted by molar-refractivity contribution is -0.135. The number of β-amino-alcohol motifs (C(OH)–C–C–N with tert-alkyl or cyclic N) is 1. The number of aliphatic hydroxyl groups excluding tert-OH is 1. The van der Waals surface area contributed by atoms with Gasteiger partial charge in [-0.05, 0) is 18.6 Å². The minimum absolute atomic E-state index is 0.0696. The molecular weight excluding hydrogens is 322 g/mol. The van der Waals surface area contributed by atoms with Gasteiger partial charge in [0.05, 0.1) is 24.8 Å². The second kappa shape index (κ2) is 9.25. The van der Waals surface area contributed by atoms with Crippen LogP contribution in [0.2, 0.25) is 0 Å². The number of carbonyl (C=O) groups excluding carboxylic acids is 1. The van der Waals surface area contributed by atoms with Crippen molar-refractivity contribution in [2.45, 2.75) is 19.4 Å². The van der Waals surface area contributed by atoms with Crippen LogP contribution in [-0.4, -0.2) is 73.4 Å². The third-order valence-corrected chi connectivity index (χ3v) is 4.31. The molecule has 25 heavy (non-hydrogen) atoms. The van der Waals surface area contributed by atoms with Gasteiger partial charge in [-0.1, -0.05) is 6.92 Å². The van der Waals surface area contributed by atoms with Crippen LogP contribution in [0, 0.1) is 11.3 Å². The van der Waals surface area contributed by atoms with Gasteiger partial charge < -0.3 is 19.5 Å². The molecule has 0 radical (unpaired) electrons. The van der Waals surface area contributed by atoms with Gasteiger partial charge in [0.2, 0.25) is 0 Å². The maximum Gasteiger partial charge on any atom is 0.260 e. The van der Waals surface area contributed by atoms with Gasteiger partial charge in [0, 0.05) is 38.8 Å². The predicted molar refractivity (Wildman–Crippen MR) is 92.5 cm³/mol. The Morgan fingerprint density at radius 3 is 2.64 bits per heavy atom. The van der Waals surface area contributed by atoms with Gasteiger partial charge in [-0.2, -0.15) is 5.26 Å². The number of hydrogen-bond donors (Lipinski definition) is 1. The molecule has 1 aromatic carbocycles. The van der Waals surface area contributed by atoms with Crippen LogP contribution in [0.25, 0.3) is 0 Å². The first-order valence-corrected chi connectivity index (χ1v) is 8.46. The minimum Gasteiger partial charge on any atom is -0.493 e. The second-order valence-corrected chi connectivity index (χ2v) is 6.01. The van der Waals surface area contributed by atoms with Gasteiger partial charge in [0.25, 0.3) is 5.91 Å². The Bertz CT molecular complexity index is 621. The third-order valence-electron chi connectivity index (χ3n) is 4.31. The monoisotopic (exact) mass is 347 g/mol. The van der Waals surface area contributed by atoms with Crippen molar-refractivity contribution < 1.29 is 19.4 Å². The third kappa shape index (κ3) is 5.34. The largest absolute Gasteiger partial charge is 0.493 e. The number of hydrogen-bond acceptors (Lipinski definition) is 6. The van der Waals surface area contributed by atoms with Crippen LogP contribution in [0.5, 0.6) is 11.5 Å². The highest BCUT2D eigenvalue weighted by atomic mass is 16.5. The zero-order valence-electron chi connectivity index (χ0n) is 14.8. The summed E-state index contributed by atoms with van der Waals surface area (Å²) in [6, 6.07) is 6.87. The Kier molecular flexibility index (Phi) is 7.04. The van der Waals surface area contributed by atoms with E-state index in [1.807, 2.05) is 13.0 Å². The predicted octanol–water partition coefficient (Wildman–Crippen LogP) is 0.861. The molecule has 1 N–H and O–H groups in total. The standard InChI is InChI=1S/C18H25N3O4/c1-3-15(22)12-20-6-8-21(9-7-20)18(23)13-25-16-5-4-14(11-19)10-17(16)24-2/h4-5,10,15,22H,3,6-9,12-13H2,1-2H3. The number of aliphatic hydroxyl groups is 1. The Morgan fingerprint density at radius 2 is 2.04 bits per heavy atom. The molecule has 1 unspecified atom stereocenters. The normalized spacial score (nSPS) is 16.2. The number of nitriles is 1. The number of methoxy groups -OCH3 is 1. The highest BCUT2D eigenvalue weighted by Crippen LogP contribution is 2.27. The lowest BCUT2D eigenvalue weighted by Crippen LogP contribution is -2.51. The molecule has 7 nitrogen and oxygen atoms in total. The van der Waals surface area contributed by atoms with Gasteiger partial charge >= 0.3 is 0 Å². The number of ether oxygens (including phenoxy) is 2. The quantitative estimate of drug-likeness (QED) is 0.787. The molecule has 0 bridgehead atoms. The summed E-state index contributed by atoms with van der Waals surface area (Å²) in [5, 5.41) is 18.6. The summed E-state index contributed by atoms with van der Waals surface area (Å²) in [5.41, 5.74) is 0.473. The van der Waals surface area contributed by atoms with Gasteiger partial charge in [0.15, 0.2) is 18.1 Å². The molecule has 0 aromatic heterocycles. The molecule has 1 aromatic rings. The van der Waals surface area contributed by atoms with Crippen molar-refractivity contribution >= 4 is 5.91 Å². The molecule has 1 atom stereocenters. The van der Waals surface area contributed by atoms with E-state index in [4.69, 9.17) is 14.7 Å². The summed E-state index contributed by atoms with van der Waals surface area (Å²) in [6.45, 7) is 5.30. The van der Waals surface area contributed by atoms with Crippen molar-refractivity contribution in [1.29, 1.82) is 5.26 Å². The highest BCUT2D eigenvalue weighted by Gasteiger charge is 2.22. The van der Waals surface area contributed by atoms with E-state index in [9.17, 15) is 9.90 Å². The number of carbonyl (C=O) groups is 1. The molecule has 0 saturated carbocycles. The molecule has 1 fully saturated rings. The molecular formula is C18H25N3O4. The van der Waals surface area contributed by atoms with Crippen LogP contribution < -0.4 is 9.47 Å². The molecule has 1 aliphatic heterocycles. The van der Waals surface area contributed by atoms with Crippen LogP contribution in [0.4, 0.5) is 0 Å². The number of benzene rings is 1. The second-order valence-electron chi connectivity index (χ2n) is 6.01. The summed E-state index contributed by atoms with van der Waals surface area (Å²) in [5.74, 6) is 0.798. The van der Waals surface area contributed by atoms with Crippen LogP contribution in [0.3, 0.4) is 0 Å². The summed E-state index contributed by atoms with van der Waals surface area (Å²) in [6.07, 6.45) is 0.425. The number of piperazine rings is 1. The SMILES string of the molecule is CCC(O)CN1CCN(C(=O)COc2ccc(C#N)cc2OC)CC1. The van der Waals surface area contributed by atoms with Crippen molar-refractivity contribution in [3.05, 3.63) is 23.8 Å². The van der Waals surface area contributed by atoms with Crippen molar-refractivity contribution in [3.63, 3.8) is 0 Å². The van der Waals surface area contributed by atoms with E-state index in [1.54, 1.807) is 23.1 Å². The van der Waals surface area contributed by atoms with Gasteiger partial charge in [0.1, 0.15) is 0 Å². The van der Waals surface area contributed by atoms with E-state index in [0.29, 0.717) is 36.7 Å². The lowest BCUT2D eigenvalue weighted by Gasteiger charge is -2.35. The van der Waals surface area contributed by atoms with E-state index >= 15 is 0 Å². The maximum absolute atomic E-state index is 12.3. The molecule has 1 heterocycles. The molecule has 136 valence electrons. The Hall–Kier alpha value is -2.30. The summed E-state index contributed by atoms with van der Waals surface area (Å²) in [4.78, 5) is 16.3. The van der Waals surface area contributed by atoms with Crippen LogP contribution in [0.1, 0.15) is 18.9 Å². The van der Waals surface area contributed by atoms with Crippen molar-refractivity contribution in [2.75, 3.05) is 46.4 Å². The maximum atomic E-state index is 12.3. The molecule has 1 saturated heterocycles. The van der Waals surface area contributed by atoms with Gasteiger partial charge in [-0.15, -0.1) is 0 Å². The van der Waals surface area contributed by atoms with E-state index in [-0.39, 0.29) is 18.6 Å². The number of nitrogens with zero attached hydrogens (tertiary/aromatic N) is 3. The van der Waals surface area contributed by atoms with Gasteiger partial charge in [-0.25, -0.2) is 0 Å². The van der Waals surface area contributed by atoms with Crippen molar-refractivity contribution in [1.82, 2.24) is 9.80 Å². The average Bonchev–Trinajstić information content (AvgIpc) is 2.66. The molecule has 1 aliphatic rings. The van der Waals surface area contributed by atoms with E-state index in [0.717, 1.165) is 19.5 Å². The summed E-state index contributed by atoms with van der Waals surface area (Å²) < 4.78 is 10.8. The zero-order valence-corrected chi connectivity index (χ0v) is 14.8. The molecule has 1 amide bonds.